The Morgan fingerprint density at radius 3 is 2.13 bits per heavy atom. The summed E-state index contributed by atoms with van der Waals surface area (Å²) >= 11 is 0. The summed E-state index contributed by atoms with van der Waals surface area (Å²) in [5.41, 5.74) is -6.67. The number of Topliss-reactive ketones (excluding diaryl/α,β-unsaturated/α-hetero) is 1. The minimum Gasteiger partial charge on any atom is -0.493 e. The quantitative estimate of drug-likeness (QED) is 0.599. The second-order valence-corrected chi connectivity index (χ2v) is 12.5. The summed E-state index contributed by atoms with van der Waals surface area (Å²) in [6.07, 6.45) is 1.13. The highest BCUT2D eigenvalue weighted by Gasteiger charge is 2.83. The number of benzene rings is 1. The maximum atomic E-state index is 13.9. The minimum atomic E-state index is -1.83. The van der Waals surface area contributed by atoms with Gasteiger partial charge in [-0.05, 0) is 56.6 Å². The molecule has 1 aromatic heterocycles. The van der Waals surface area contributed by atoms with Crippen molar-refractivity contribution in [3.63, 3.8) is 0 Å². The second kappa shape index (κ2) is 7.79. The molecule has 0 radical (unpaired) electrons. The Bertz CT molecular complexity index is 1430. The molecule has 2 heterocycles. The van der Waals surface area contributed by atoms with Gasteiger partial charge in [0.25, 0.3) is 0 Å². The van der Waals surface area contributed by atoms with Gasteiger partial charge in [-0.25, -0.2) is 4.79 Å². The van der Waals surface area contributed by atoms with Gasteiger partial charge in [0.15, 0.2) is 11.5 Å². The summed E-state index contributed by atoms with van der Waals surface area (Å²) in [6, 6.07) is 4.96. The van der Waals surface area contributed by atoms with E-state index in [1.54, 1.807) is 32.0 Å². The topological polar surface area (TPSA) is 125 Å². The molecule has 3 fully saturated rings. The van der Waals surface area contributed by atoms with Crippen LogP contribution >= 0.6 is 0 Å². The van der Waals surface area contributed by atoms with Crippen LogP contribution in [0.3, 0.4) is 0 Å². The van der Waals surface area contributed by atoms with Gasteiger partial charge in [-0.3, -0.25) is 4.79 Å². The van der Waals surface area contributed by atoms with Gasteiger partial charge in [-0.1, -0.05) is 13.8 Å². The minimum absolute atomic E-state index is 0.0823. The summed E-state index contributed by atoms with van der Waals surface area (Å²) in [5.74, 6) is 1.42. The van der Waals surface area contributed by atoms with Crippen LogP contribution in [0.4, 0.5) is 0 Å². The number of hydrogen-bond donors (Lipinski definition) is 2. The molecule has 9 nitrogen and oxygen atoms in total. The van der Waals surface area contributed by atoms with E-state index < -0.39 is 33.3 Å². The lowest BCUT2D eigenvalue weighted by atomic mass is 9.40. The van der Waals surface area contributed by atoms with Crippen molar-refractivity contribution in [2.75, 3.05) is 21.3 Å². The highest BCUT2D eigenvalue weighted by molar-refractivity contribution is 5.94. The third kappa shape index (κ3) is 2.92. The van der Waals surface area contributed by atoms with Crippen molar-refractivity contribution >= 4 is 5.78 Å². The van der Waals surface area contributed by atoms with Crippen LogP contribution in [0.2, 0.25) is 0 Å². The molecule has 6 atom stereocenters. The lowest BCUT2D eigenvalue weighted by Crippen LogP contribution is -2.82. The molecule has 0 amide bonds. The largest absolute Gasteiger partial charge is 0.493 e. The van der Waals surface area contributed by atoms with Gasteiger partial charge in [0.2, 0.25) is 5.75 Å². The SMILES string of the molecule is COc1cc(-c2cc3c(c(=O)o2)C[C@]2(O)[C@@]4(C)C(=O)[C@H]5C[C@H]5C(C)(C)[C@]4(O)CC[C@@]2(C)O3)cc(OC)c1OC. The summed E-state index contributed by atoms with van der Waals surface area (Å²) in [4.78, 5) is 27.4. The van der Waals surface area contributed by atoms with E-state index in [1.165, 1.54) is 21.3 Å². The van der Waals surface area contributed by atoms with Crippen molar-refractivity contribution in [1.82, 2.24) is 0 Å². The molecule has 1 aliphatic heterocycles. The van der Waals surface area contributed by atoms with Gasteiger partial charge in [-0.15, -0.1) is 0 Å². The summed E-state index contributed by atoms with van der Waals surface area (Å²) < 4.78 is 28.5. The van der Waals surface area contributed by atoms with Crippen LogP contribution < -0.4 is 24.6 Å². The van der Waals surface area contributed by atoms with Crippen LogP contribution in [-0.4, -0.2) is 54.1 Å². The zero-order valence-electron chi connectivity index (χ0n) is 23.5. The van der Waals surface area contributed by atoms with Crippen molar-refractivity contribution in [1.29, 1.82) is 0 Å². The fraction of sp³-hybridized carbons (Fsp3) is 0.600. The Morgan fingerprint density at radius 2 is 1.54 bits per heavy atom. The number of methoxy groups -OCH3 is 3. The Kier molecular flexibility index (Phi) is 5.23. The van der Waals surface area contributed by atoms with Crippen LogP contribution in [0, 0.1) is 22.7 Å². The van der Waals surface area contributed by atoms with Gasteiger partial charge < -0.3 is 33.6 Å². The fourth-order valence-corrected chi connectivity index (χ4v) is 8.19. The molecule has 1 aromatic carbocycles. The van der Waals surface area contributed by atoms with E-state index >= 15 is 0 Å². The summed E-state index contributed by atoms with van der Waals surface area (Å²) in [7, 11) is 4.50. The zero-order valence-corrected chi connectivity index (χ0v) is 23.5. The molecule has 9 heteroatoms. The van der Waals surface area contributed by atoms with Crippen molar-refractivity contribution < 1.29 is 38.4 Å². The number of rotatable bonds is 4. The predicted octanol–water partition coefficient (Wildman–Crippen LogP) is 3.53. The number of hydrogen-bond acceptors (Lipinski definition) is 9. The van der Waals surface area contributed by atoms with E-state index in [9.17, 15) is 19.8 Å². The van der Waals surface area contributed by atoms with Crippen LogP contribution in [0.5, 0.6) is 23.0 Å². The zero-order chi connectivity index (χ0) is 28.3. The smallest absolute Gasteiger partial charge is 0.343 e. The van der Waals surface area contributed by atoms with Gasteiger partial charge in [0.1, 0.15) is 28.5 Å². The number of aliphatic hydroxyl groups is 2. The van der Waals surface area contributed by atoms with Gasteiger partial charge >= 0.3 is 5.63 Å². The van der Waals surface area contributed by atoms with E-state index in [-0.39, 0.29) is 41.1 Å². The van der Waals surface area contributed by atoms with E-state index in [1.807, 2.05) is 13.8 Å². The molecular formula is C30H36O9. The molecule has 2 aromatic rings. The second-order valence-electron chi connectivity index (χ2n) is 12.5. The van der Waals surface area contributed by atoms with Gasteiger partial charge in [0.05, 0.1) is 37.9 Å². The first-order valence-corrected chi connectivity index (χ1v) is 13.4. The molecule has 39 heavy (non-hydrogen) atoms. The average Bonchev–Trinajstić information content (AvgIpc) is 3.71. The first-order valence-electron chi connectivity index (χ1n) is 13.4. The van der Waals surface area contributed by atoms with Gasteiger partial charge in [0, 0.05) is 24.0 Å². The van der Waals surface area contributed by atoms with Gasteiger partial charge in [-0.2, -0.15) is 0 Å². The normalized spacial score (nSPS) is 37.4. The van der Waals surface area contributed by atoms with Crippen molar-refractivity contribution in [3.05, 3.63) is 34.2 Å². The summed E-state index contributed by atoms with van der Waals surface area (Å²) in [5, 5.41) is 24.8. The van der Waals surface area contributed by atoms with Crippen molar-refractivity contribution in [2.45, 2.75) is 70.2 Å². The Labute approximate surface area is 227 Å². The monoisotopic (exact) mass is 540 g/mol. The van der Waals surface area contributed by atoms with Crippen LogP contribution in [0.15, 0.2) is 27.4 Å². The maximum Gasteiger partial charge on any atom is 0.343 e. The molecule has 4 aliphatic rings. The highest BCUT2D eigenvalue weighted by atomic mass is 16.5. The van der Waals surface area contributed by atoms with E-state index in [4.69, 9.17) is 23.4 Å². The fourth-order valence-electron chi connectivity index (χ4n) is 8.19. The molecular weight excluding hydrogens is 504 g/mol. The maximum absolute atomic E-state index is 13.9. The third-order valence-corrected chi connectivity index (χ3v) is 10.8. The van der Waals surface area contributed by atoms with E-state index in [0.29, 0.717) is 42.1 Å². The number of carbonyl (C=O) groups is 1. The van der Waals surface area contributed by atoms with Crippen LogP contribution in [-0.2, 0) is 11.2 Å². The standard InChI is InChI=1S/C30H36O9/c1-26(2)18-12-16(18)24(31)28(4)29(26,33)9-8-27(3)30(28,34)14-17-20(39-27)13-19(38-25(17)32)15-10-21(35-5)23(37-7)22(11-15)36-6/h10-11,13,16,18,33-34H,8-9,12,14H2,1-7H3/t16-,18+,27+,28-,29+,30+/m0/s1. The predicted molar refractivity (Wildman–Crippen MR) is 140 cm³/mol. The van der Waals surface area contributed by atoms with E-state index in [2.05, 4.69) is 0 Å². The molecule has 0 spiro atoms. The lowest BCUT2D eigenvalue weighted by molar-refractivity contribution is -0.311. The molecule has 3 aliphatic carbocycles. The number of ketones is 1. The highest BCUT2D eigenvalue weighted by Crippen LogP contribution is 2.73. The first-order chi connectivity index (χ1) is 18.2. The Morgan fingerprint density at radius 1 is 0.897 bits per heavy atom. The lowest BCUT2D eigenvalue weighted by Gasteiger charge is -2.69. The van der Waals surface area contributed by atoms with Crippen LogP contribution in [0.25, 0.3) is 11.3 Å². The number of fused-ring (bicyclic) bond motifs is 5. The number of ether oxygens (including phenoxy) is 4. The van der Waals surface area contributed by atoms with Crippen LogP contribution in [0.1, 0.15) is 52.5 Å². The summed E-state index contributed by atoms with van der Waals surface area (Å²) in [6.45, 7) is 7.42. The molecule has 3 saturated carbocycles. The number of carbonyl (C=O) groups excluding carboxylic acids is 1. The molecule has 0 saturated heterocycles. The van der Waals surface area contributed by atoms with Crippen molar-refractivity contribution in [2.24, 2.45) is 22.7 Å². The average molecular weight is 541 g/mol. The van der Waals surface area contributed by atoms with E-state index in [0.717, 1.165) is 0 Å². The Balaban J connectivity index is 1.49. The third-order valence-electron chi connectivity index (χ3n) is 10.8. The van der Waals surface area contributed by atoms with Crippen molar-refractivity contribution in [3.8, 4) is 34.3 Å². The molecule has 0 unspecified atom stereocenters. The molecule has 6 rings (SSSR count). The molecule has 2 N–H and O–H groups in total. The Hall–Kier alpha value is -3.04. The first kappa shape index (κ1) is 26.2. The molecule has 210 valence electrons. The molecule has 0 bridgehead atoms.